The fourth-order valence-electron chi connectivity index (χ4n) is 0.951. The monoisotopic (exact) mass is 193 g/mol. The second kappa shape index (κ2) is 4.83. The predicted molar refractivity (Wildman–Crippen MR) is 52.4 cm³/mol. The van der Waals surface area contributed by atoms with Crippen molar-refractivity contribution in [1.82, 2.24) is 0 Å². The van der Waals surface area contributed by atoms with Gasteiger partial charge in [-0.2, -0.15) is 5.26 Å². The molecule has 3 nitrogen and oxygen atoms in total. The molecule has 1 heterocycles. The topological polar surface area (TPSA) is 46.2 Å². The minimum Gasteiger partial charge on any atom is -0.467 e. The van der Waals surface area contributed by atoms with E-state index in [0.717, 1.165) is 12.2 Å². The second-order valence-corrected chi connectivity index (χ2v) is 3.88. The Morgan fingerprint density at radius 3 is 2.93 bits per heavy atom. The van der Waals surface area contributed by atoms with Gasteiger partial charge in [0.05, 0.1) is 17.7 Å². The fraction of sp³-hybridized carbons (Fsp3) is 0.545. The number of hydrogen-bond donors (Lipinski definition) is 0. The Labute approximate surface area is 84.3 Å². The highest BCUT2D eigenvalue weighted by Gasteiger charge is 2.15. The number of rotatable bonds is 5. The summed E-state index contributed by atoms with van der Waals surface area (Å²) in [5.41, 5.74) is -0.302. The average Bonchev–Trinajstić information content (AvgIpc) is 2.65. The normalized spacial score (nSPS) is 11.2. The SMILES string of the molecule is CC(C)(C#N)CCOCc1ccco1. The van der Waals surface area contributed by atoms with E-state index in [4.69, 9.17) is 14.4 Å². The van der Waals surface area contributed by atoms with Gasteiger partial charge in [0, 0.05) is 6.61 Å². The predicted octanol–water partition coefficient (Wildman–Crippen LogP) is 2.74. The lowest BCUT2D eigenvalue weighted by atomic mass is 9.92. The Morgan fingerprint density at radius 1 is 1.57 bits per heavy atom. The lowest BCUT2D eigenvalue weighted by Gasteiger charge is -2.13. The summed E-state index contributed by atoms with van der Waals surface area (Å²) in [5, 5.41) is 8.75. The molecule has 0 amide bonds. The van der Waals surface area contributed by atoms with Crippen LogP contribution in [0.3, 0.4) is 0 Å². The lowest BCUT2D eigenvalue weighted by Crippen LogP contribution is -2.11. The zero-order chi connectivity index (χ0) is 10.4. The zero-order valence-electron chi connectivity index (χ0n) is 8.62. The van der Waals surface area contributed by atoms with Crippen LogP contribution in [0.5, 0.6) is 0 Å². The van der Waals surface area contributed by atoms with Crippen LogP contribution in [0.4, 0.5) is 0 Å². The third-order valence-electron chi connectivity index (χ3n) is 2.00. The molecule has 0 saturated carbocycles. The second-order valence-electron chi connectivity index (χ2n) is 3.88. The molecule has 1 rings (SSSR count). The van der Waals surface area contributed by atoms with Crippen LogP contribution < -0.4 is 0 Å². The molecule has 14 heavy (non-hydrogen) atoms. The molecule has 0 radical (unpaired) electrons. The molecule has 1 aromatic heterocycles. The van der Waals surface area contributed by atoms with E-state index in [1.165, 1.54) is 0 Å². The summed E-state index contributed by atoms with van der Waals surface area (Å²) in [6, 6.07) is 5.93. The van der Waals surface area contributed by atoms with Crippen LogP contribution in [0.2, 0.25) is 0 Å². The third kappa shape index (κ3) is 3.63. The van der Waals surface area contributed by atoms with Crippen LogP contribution in [0.25, 0.3) is 0 Å². The van der Waals surface area contributed by atoms with Crippen molar-refractivity contribution in [2.45, 2.75) is 26.9 Å². The number of ether oxygens (including phenoxy) is 1. The first-order valence-electron chi connectivity index (χ1n) is 4.65. The summed E-state index contributed by atoms with van der Waals surface area (Å²) in [6.07, 6.45) is 2.36. The molecule has 0 aliphatic heterocycles. The molecule has 0 saturated heterocycles. The fourth-order valence-corrected chi connectivity index (χ4v) is 0.951. The van der Waals surface area contributed by atoms with Gasteiger partial charge in [-0.25, -0.2) is 0 Å². The van der Waals surface area contributed by atoms with Crippen molar-refractivity contribution >= 4 is 0 Å². The Morgan fingerprint density at radius 2 is 2.36 bits per heavy atom. The highest BCUT2D eigenvalue weighted by atomic mass is 16.5. The van der Waals surface area contributed by atoms with Crippen molar-refractivity contribution in [2.24, 2.45) is 5.41 Å². The van der Waals surface area contributed by atoms with E-state index >= 15 is 0 Å². The van der Waals surface area contributed by atoms with Gasteiger partial charge in [-0.05, 0) is 32.4 Å². The summed E-state index contributed by atoms with van der Waals surface area (Å²) in [7, 11) is 0. The van der Waals surface area contributed by atoms with Gasteiger partial charge < -0.3 is 9.15 Å². The Kier molecular flexibility index (Phi) is 3.73. The molecule has 0 atom stereocenters. The molecule has 0 unspecified atom stereocenters. The summed E-state index contributed by atoms with van der Waals surface area (Å²) in [4.78, 5) is 0. The van der Waals surface area contributed by atoms with E-state index in [2.05, 4.69) is 6.07 Å². The van der Waals surface area contributed by atoms with Gasteiger partial charge >= 0.3 is 0 Å². The Hall–Kier alpha value is -1.27. The van der Waals surface area contributed by atoms with Crippen LogP contribution in [0.15, 0.2) is 22.8 Å². The summed E-state index contributed by atoms with van der Waals surface area (Å²) >= 11 is 0. The summed E-state index contributed by atoms with van der Waals surface area (Å²) in [6.45, 7) is 4.88. The smallest absolute Gasteiger partial charge is 0.129 e. The van der Waals surface area contributed by atoms with Crippen molar-refractivity contribution in [3.05, 3.63) is 24.2 Å². The maximum absolute atomic E-state index is 8.75. The van der Waals surface area contributed by atoms with E-state index in [9.17, 15) is 0 Å². The summed E-state index contributed by atoms with van der Waals surface area (Å²) < 4.78 is 10.5. The average molecular weight is 193 g/mol. The first kappa shape index (κ1) is 10.8. The number of furan rings is 1. The first-order valence-corrected chi connectivity index (χ1v) is 4.65. The zero-order valence-corrected chi connectivity index (χ0v) is 8.62. The van der Waals surface area contributed by atoms with Crippen molar-refractivity contribution < 1.29 is 9.15 Å². The van der Waals surface area contributed by atoms with Crippen LogP contribution in [0.1, 0.15) is 26.0 Å². The molecular weight excluding hydrogens is 178 g/mol. The van der Waals surface area contributed by atoms with E-state index in [0.29, 0.717) is 13.2 Å². The first-order chi connectivity index (χ1) is 6.64. The molecule has 0 aliphatic carbocycles. The lowest BCUT2D eigenvalue weighted by molar-refractivity contribution is 0.0898. The van der Waals surface area contributed by atoms with Crippen LogP contribution in [0, 0.1) is 16.7 Å². The molecular formula is C11H15NO2. The van der Waals surface area contributed by atoms with E-state index in [1.54, 1.807) is 6.26 Å². The highest BCUT2D eigenvalue weighted by molar-refractivity contribution is 4.96. The highest BCUT2D eigenvalue weighted by Crippen LogP contribution is 2.18. The molecule has 1 aromatic rings. The van der Waals surface area contributed by atoms with Crippen molar-refractivity contribution in [2.75, 3.05) is 6.61 Å². The van der Waals surface area contributed by atoms with E-state index in [-0.39, 0.29) is 5.41 Å². The Balaban J connectivity index is 2.15. The maximum Gasteiger partial charge on any atom is 0.129 e. The standard InChI is InChI=1S/C11H15NO2/c1-11(2,9-12)5-7-13-8-10-4-3-6-14-10/h3-4,6H,5,7-8H2,1-2H3. The molecule has 0 N–H and O–H groups in total. The Bertz CT molecular complexity index is 296. The number of hydrogen-bond acceptors (Lipinski definition) is 3. The van der Waals surface area contributed by atoms with E-state index < -0.39 is 0 Å². The minimum atomic E-state index is -0.302. The maximum atomic E-state index is 8.75. The minimum absolute atomic E-state index is 0.302. The van der Waals surface area contributed by atoms with Gasteiger partial charge in [0.15, 0.2) is 0 Å². The van der Waals surface area contributed by atoms with Crippen LogP contribution >= 0.6 is 0 Å². The van der Waals surface area contributed by atoms with Gasteiger partial charge in [0.1, 0.15) is 12.4 Å². The molecule has 76 valence electrons. The van der Waals surface area contributed by atoms with Crippen molar-refractivity contribution in [3.8, 4) is 6.07 Å². The molecule has 0 fully saturated rings. The van der Waals surface area contributed by atoms with Crippen molar-refractivity contribution in [3.63, 3.8) is 0 Å². The largest absolute Gasteiger partial charge is 0.467 e. The molecule has 0 spiro atoms. The van der Waals surface area contributed by atoms with Gasteiger partial charge in [-0.1, -0.05) is 0 Å². The quantitative estimate of drug-likeness (QED) is 0.675. The third-order valence-corrected chi connectivity index (χ3v) is 2.00. The summed E-state index contributed by atoms with van der Waals surface area (Å²) in [5.74, 6) is 0.819. The van der Waals surface area contributed by atoms with E-state index in [1.807, 2.05) is 26.0 Å². The van der Waals surface area contributed by atoms with Crippen LogP contribution in [-0.4, -0.2) is 6.61 Å². The number of nitrogens with zero attached hydrogens (tertiary/aromatic N) is 1. The molecule has 0 bridgehead atoms. The van der Waals surface area contributed by atoms with Crippen molar-refractivity contribution in [1.29, 1.82) is 5.26 Å². The molecule has 0 aliphatic rings. The van der Waals surface area contributed by atoms with Gasteiger partial charge in [-0.3, -0.25) is 0 Å². The van der Waals surface area contributed by atoms with Gasteiger partial charge in [0.2, 0.25) is 0 Å². The van der Waals surface area contributed by atoms with Gasteiger partial charge in [0.25, 0.3) is 0 Å². The molecule has 3 heteroatoms. The molecule has 0 aromatic carbocycles. The van der Waals surface area contributed by atoms with Crippen LogP contribution in [-0.2, 0) is 11.3 Å². The number of nitriles is 1. The van der Waals surface area contributed by atoms with Gasteiger partial charge in [-0.15, -0.1) is 0 Å².